The van der Waals surface area contributed by atoms with Crippen molar-refractivity contribution in [2.75, 3.05) is 37.3 Å². The van der Waals surface area contributed by atoms with Crippen molar-refractivity contribution in [3.05, 3.63) is 71.2 Å². The molecule has 1 atom stereocenters. The summed E-state index contributed by atoms with van der Waals surface area (Å²) >= 11 is 0. The molecule has 1 saturated heterocycles. The van der Waals surface area contributed by atoms with Gasteiger partial charge in [0.15, 0.2) is 0 Å². The standard InChI is InChI=1S/C27H31N5O/c1-18-13-23(21-8-10-26(28)29-16-21)15-24(30-18)22-6-4-12-32(17-22)27(33)20-7-9-25-19(14-20)5-3-11-31(25)2/h7-10,13-16,22H,3-6,11-12,17H2,1-2H3,(H2,28,29). The van der Waals surface area contributed by atoms with Gasteiger partial charge in [-0.1, -0.05) is 0 Å². The van der Waals surface area contributed by atoms with Gasteiger partial charge >= 0.3 is 0 Å². The van der Waals surface area contributed by atoms with Gasteiger partial charge in [0.1, 0.15) is 5.82 Å². The second-order valence-corrected chi connectivity index (χ2v) is 9.35. The quantitative estimate of drug-likeness (QED) is 0.650. The summed E-state index contributed by atoms with van der Waals surface area (Å²) < 4.78 is 0. The Balaban J connectivity index is 1.37. The Morgan fingerprint density at radius 2 is 1.94 bits per heavy atom. The predicted octanol–water partition coefficient (Wildman–Crippen LogP) is 4.44. The number of aromatic nitrogens is 2. The van der Waals surface area contributed by atoms with Gasteiger partial charge in [-0.25, -0.2) is 4.98 Å². The molecule has 0 saturated carbocycles. The number of anilines is 2. The van der Waals surface area contributed by atoms with Crippen molar-refractivity contribution < 1.29 is 4.79 Å². The molecule has 1 fully saturated rings. The van der Waals surface area contributed by atoms with Crippen LogP contribution in [0, 0.1) is 6.92 Å². The molecule has 4 heterocycles. The highest BCUT2D eigenvalue weighted by Gasteiger charge is 2.27. The molecule has 0 aliphatic carbocycles. The Kier molecular flexibility index (Phi) is 5.75. The van der Waals surface area contributed by atoms with Crippen LogP contribution in [0.1, 0.15) is 52.5 Å². The van der Waals surface area contributed by atoms with E-state index in [-0.39, 0.29) is 11.8 Å². The number of piperidine rings is 1. The maximum atomic E-state index is 13.4. The Labute approximate surface area is 195 Å². The number of carbonyl (C=O) groups excluding carboxylic acids is 1. The van der Waals surface area contributed by atoms with Crippen molar-refractivity contribution in [2.45, 2.75) is 38.5 Å². The highest BCUT2D eigenvalue weighted by Crippen LogP contribution is 2.31. The van der Waals surface area contributed by atoms with Crippen LogP contribution >= 0.6 is 0 Å². The fraction of sp³-hybridized carbons (Fsp3) is 0.370. The number of rotatable bonds is 3. The van der Waals surface area contributed by atoms with E-state index in [0.717, 1.165) is 66.9 Å². The van der Waals surface area contributed by atoms with Gasteiger partial charge < -0.3 is 15.5 Å². The molecular weight excluding hydrogens is 410 g/mol. The van der Waals surface area contributed by atoms with Crippen LogP contribution in [0.25, 0.3) is 11.1 Å². The van der Waals surface area contributed by atoms with Crippen molar-refractivity contribution in [1.29, 1.82) is 0 Å². The lowest BCUT2D eigenvalue weighted by molar-refractivity contribution is 0.0706. The predicted molar refractivity (Wildman–Crippen MR) is 133 cm³/mol. The van der Waals surface area contributed by atoms with Gasteiger partial charge in [0, 0.05) is 67.0 Å². The van der Waals surface area contributed by atoms with Crippen molar-refractivity contribution in [3.8, 4) is 11.1 Å². The maximum Gasteiger partial charge on any atom is 0.253 e. The van der Waals surface area contributed by atoms with E-state index in [2.05, 4.69) is 41.2 Å². The van der Waals surface area contributed by atoms with Gasteiger partial charge in [-0.15, -0.1) is 0 Å². The molecule has 1 amide bonds. The second kappa shape index (κ2) is 8.85. The number of carbonyl (C=O) groups is 1. The molecule has 33 heavy (non-hydrogen) atoms. The van der Waals surface area contributed by atoms with Crippen LogP contribution in [0.3, 0.4) is 0 Å². The van der Waals surface area contributed by atoms with Gasteiger partial charge in [0.2, 0.25) is 0 Å². The van der Waals surface area contributed by atoms with Gasteiger partial charge in [-0.05, 0) is 86.2 Å². The van der Waals surface area contributed by atoms with Gasteiger partial charge in [-0.3, -0.25) is 9.78 Å². The number of likely N-dealkylation sites (tertiary alicyclic amines) is 1. The summed E-state index contributed by atoms with van der Waals surface area (Å²) in [7, 11) is 2.12. The summed E-state index contributed by atoms with van der Waals surface area (Å²) in [6, 6.07) is 14.2. The Morgan fingerprint density at radius 3 is 2.76 bits per heavy atom. The van der Waals surface area contributed by atoms with Gasteiger partial charge in [0.25, 0.3) is 5.91 Å². The molecule has 0 radical (unpaired) electrons. The van der Waals surface area contributed by atoms with E-state index in [1.54, 1.807) is 6.20 Å². The fourth-order valence-electron chi connectivity index (χ4n) is 5.15. The van der Waals surface area contributed by atoms with Gasteiger partial charge in [0.05, 0.1) is 0 Å². The summed E-state index contributed by atoms with van der Waals surface area (Å²) in [5.74, 6) is 0.873. The Morgan fingerprint density at radius 1 is 1.06 bits per heavy atom. The molecular formula is C27H31N5O. The molecule has 6 nitrogen and oxygen atoms in total. The van der Waals surface area contributed by atoms with Crippen molar-refractivity contribution >= 4 is 17.4 Å². The molecule has 1 aromatic carbocycles. The summed E-state index contributed by atoms with van der Waals surface area (Å²) in [4.78, 5) is 26.8. The van der Waals surface area contributed by atoms with E-state index < -0.39 is 0 Å². The summed E-state index contributed by atoms with van der Waals surface area (Å²) in [6.45, 7) is 4.60. The second-order valence-electron chi connectivity index (χ2n) is 9.35. The van der Waals surface area contributed by atoms with Gasteiger partial charge in [-0.2, -0.15) is 0 Å². The number of nitrogen functional groups attached to an aromatic ring is 1. The van der Waals surface area contributed by atoms with E-state index in [1.165, 1.54) is 11.3 Å². The van der Waals surface area contributed by atoms with Crippen LogP contribution in [0.5, 0.6) is 0 Å². The average molecular weight is 442 g/mol. The largest absolute Gasteiger partial charge is 0.384 e. The summed E-state index contributed by atoms with van der Waals surface area (Å²) in [6.07, 6.45) is 6.00. The molecule has 2 aliphatic heterocycles. The van der Waals surface area contributed by atoms with Crippen LogP contribution in [-0.4, -0.2) is 47.5 Å². The lowest BCUT2D eigenvalue weighted by Crippen LogP contribution is -2.39. The molecule has 1 unspecified atom stereocenters. The van der Waals surface area contributed by atoms with Crippen LogP contribution in [0.15, 0.2) is 48.7 Å². The summed E-state index contributed by atoms with van der Waals surface area (Å²) in [5.41, 5.74) is 13.2. The highest BCUT2D eigenvalue weighted by atomic mass is 16.2. The SMILES string of the molecule is Cc1cc(-c2ccc(N)nc2)cc(C2CCCN(C(=O)c3ccc4c(c3)CCCN4C)C2)n1. The number of benzene rings is 1. The normalized spacial score (nSPS) is 18.2. The van der Waals surface area contributed by atoms with E-state index in [1.807, 2.05) is 30.0 Å². The minimum absolute atomic E-state index is 0.131. The topological polar surface area (TPSA) is 75.3 Å². The minimum Gasteiger partial charge on any atom is -0.384 e. The molecule has 2 aromatic heterocycles. The zero-order valence-corrected chi connectivity index (χ0v) is 19.4. The van der Waals surface area contributed by atoms with Crippen molar-refractivity contribution in [2.24, 2.45) is 0 Å². The molecule has 0 bridgehead atoms. The van der Waals surface area contributed by atoms with Crippen LogP contribution < -0.4 is 10.6 Å². The zero-order chi connectivity index (χ0) is 22.9. The van der Waals surface area contributed by atoms with Crippen LogP contribution in [-0.2, 0) is 6.42 Å². The molecule has 170 valence electrons. The third kappa shape index (κ3) is 4.42. The number of nitrogens with two attached hydrogens (primary N) is 1. The van der Waals surface area contributed by atoms with E-state index in [4.69, 9.17) is 10.7 Å². The number of pyridine rings is 2. The van der Waals surface area contributed by atoms with E-state index in [0.29, 0.717) is 12.4 Å². The van der Waals surface area contributed by atoms with E-state index in [9.17, 15) is 4.79 Å². The number of nitrogens with zero attached hydrogens (tertiary/aromatic N) is 4. The average Bonchev–Trinajstić information content (AvgIpc) is 2.83. The number of hydrogen-bond donors (Lipinski definition) is 1. The maximum absolute atomic E-state index is 13.4. The molecule has 2 N–H and O–H groups in total. The summed E-state index contributed by atoms with van der Waals surface area (Å²) in [5, 5.41) is 0. The fourth-order valence-corrected chi connectivity index (χ4v) is 5.15. The van der Waals surface area contributed by atoms with Crippen LogP contribution in [0.4, 0.5) is 11.5 Å². The molecule has 2 aliphatic rings. The molecule has 6 heteroatoms. The smallest absolute Gasteiger partial charge is 0.253 e. The molecule has 0 spiro atoms. The Bertz CT molecular complexity index is 1170. The number of amides is 1. The first-order valence-electron chi connectivity index (χ1n) is 11.8. The minimum atomic E-state index is 0.131. The van der Waals surface area contributed by atoms with E-state index >= 15 is 0 Å². The lowest BCUT2D eigenvalue weighted by atomic mass is 9.91. The van der Waals surface area contributed by atoms with Crippen molar-refractivity contribution in [1.82, 2.24) is 14.9 Å². The first kappa shape index (κ1) is 21.4. The lowest BCUT2D eigenvalue weighted by Gasteiger charge is -2.33. The third-order valence-electron chi connectivity index (χ3n) is 6.90. The monoisotopic (exact) mass is 441 g/mol. The first-order chi connectivity index (χ1) is 16.0. The number of fused-ring (bicyclic) bond motifs is 1. The van der Waals surface area contributed by atoms with Crippen LogP contribution in [0.2, 0.25) is 0 Å². The highest BCUT2D eigenvalue weighted by molar-refractivity contribution is 5.95. The zero-order valence-electron chi connectivity index (χ0n) is 19.4. The first-order valence-corrected chi connectivity index (χ1v) is 11.8. The van der Waals surface area contributed by atoms with Crippen molar-refractivity contribution in [3.63, 3.8) is 0 Å². The molecule has 3 aromatic rings. The number of hydrogen-bond acceptors (Lipinski definition) is 5. The number of aryl methyl sites for hydroxylation is 2. The Hall–Kier alpha value is -3.41. The third-order valence-corrected chi connectivity index (χ3v) is 6.90. The molecule has 5 rings (SSSR count).